The SMILES string of the molecule is [C-]#[N+]c1cc(NC(=O)N2CCc3nn4c(c3C2)-c2nocc2C[C@@H](COCC(F)F)C4)ccc1F. The first-order valence-electron chi connectivity index (χ1n) is 11.0. The number of benzene rings is 1. The van der Waals surface area contributed by atoms with E-state index in [2.05, 4.69) is 15.3 Å². The van der Waals surface area contributed by atoms with Crippen molar-refractivity contribution in [3.63, 3.8) is 0 Å². The Hall–Kier alpha value is -3.85. The van der Waals surface area contributed by atoms with Crippen molar-refractivity contribution >= 4 is 17.4 Å². The van der Waals surface area contributed by atoms with E-state index in [4.69, 9.17) is 20.9 Å². The number of fused-ring (bicyclic) bond motifs is 5. The molecule has 0 saturated heterocycles. The summed E-state index contributed by atoms with van der Waals surface area (Å²) in [5.74, 6) is -0.742. The second-order valence-corrected chi connectivity index (χ2v) is 8.52. The number of amides is 2. The molecule has 9 nitrogen and oxygen atoms in total. The van der Waals surface area contributed by atoms with Gasteiger partial charge in [-0.2, -0.15) is 5.10 Å². The minimum absolute atomic E-state index is 0.0935. The number of hydrogen-bond acceptors (Lipinski definition) is 5. The predicted octanol–water partition coefficient (Wildman–Crippen LogP) is 4.27. The molecule has 5 rings (SSSR count). The van der Waals surface area contributed by atoms with Gasteiger partial charge in [-0.3, -0.25) is 4.68 Å². The Balaban J connectivity index is 1.37. The minimum Gasteiger partial charge on any atom is -0.375 e. The van der Waals surface area contributed by atoms with Gasteiger partial charge in [0.05, 0.1) is 31.1 Å². The molecular formula is C23H21F3N6O3. The number of rotatable bonds is 5. The molecule has 0 unspecified atom stereocenters. The van der Waals surface area contributed by atoms with Crippen LogP contribution in [0.15, 0.2) is 29.0 Å². The summed E-state index contributed by atoms with van der Waals surface area (Å²) in [5, 5.41) is 11.6. The molecule has 2 aromatic heterocycles. The lowest BCUT2D eigenvalue weighted by atomic mass is 9.99. The fourth-order valence-corrected chi connectivity index (χ4v) is 4.53. The number of ether oxygens (including phenoxy) is 1. The van der Waals surface area contributed by atoms with Gasteiger partial charge >= 0.3 is 6.03 Å². The van der Waals surface area contributed by atoms with Crippen molar-refractivity contribution in [2.24, 2.45) is 5.92 Å². The third-order valence-corrected chi connectivity index (χ3v) is 6.11. The van der Waals surface area contributed by atoms with E-state index in [1.165, 1.54) is 12.1 Å². The summed E-state index contributed by atoms with van der Waals surface area (Å²) in [6.45, 7) is 7.72. The highest BCUT2D eigenvalue weighted by atomic mass is 19.3. The summed E-state index contributed by atoms with van der Waals surface area (Å²) in [7, 11) is 0. The van der Waals surface area contributed by atoms with Crippen LogP contribution in [0, 0.1) is 18.3 Å². The van der Waals surface area contributed by atoms with Crippen molar-refractivity contribution in [2.75, 3.05) is 25.1 Å². The van der Waals surface area contributed by atoms with E-state index >= 15 is 0 Å². The maximum absolute atomic E-state index is 13.6. The molecule has 1 aromatic carbocycles. The first-order chi connectivity index (χ1) is 16.9. The summed E-state index contributed by atoms with van der Waals surface area (Å²) < 4.78 is 50.8. The van der Waals surface area contributed by atoms with Gasteiger partial charge in [-0.1, -0.05) is 5.16 Å². The van der Waals surface area contributed by atoms with Gasteiger partial charge in [-0.15, -0.1) is 0 Å². The lowest BCUT2D eigenvalue weighted by molar-refractivity contribution is 0.00164. The maximum atomic E-state index is 13.6. The number of nitrogens with one attached hydrogen (secondary N) is 1. The number of urea groups is 1. The normalized spacial score (nSPS) is 16.8. The first-order valence-corrected chi connectivity index (χ1v) is 11.0. The molecule has 35 heavy (non-hydrogen) atoms. The van der Waals surface area contributed by atoms with Crippen molar-refractivity contribution in [1.82, 2.24) is 19.8 Å². The van der Waals surface area contributed by atoms with Gasteiger partial charge in [-0.05, 0) is 24.6 Å². The fraction of sp³-hybridized carbons (Fsp3) is 0.391. The maximum Gasteiger partial charge on any atom is 0.322 e. The van der Waals surface area contributed by atoms with E-state index in [0.29, 0.717) is 37.3 Å². The number of anilines is 1. The zero-order valence-electron chi connectivity index (χ0n) is 18.5. The molecule has 182 valence electrons. The van der Waals surface area contributed by atoms with Gasteiger partial charge in [0.25, 0.3) is 6.43 Å². The number of alkyl halides is 2. The second-order valence-electron chi connectivity index (χ2n) is 8.52. The lowest BCUT2D eigenvalue weighted by Gasteiger charge is -2.27. The van der Waals surface area contributed by atoms with Crippen LogP contribution in [-0.2, 0) is 30.7 Å². The lowest BCUT2D eigenvalue weighted by Crippen LogP contribution is -2.38. The van der Waals surface area contributed by atoms with E-state index in [1.54, 1.807) is 15.8 Å². The average molecular weight is 486 g/mol. The number of carbonyl (C=O) groups excluding carboxylic acids is 1. The Morgan fingerprint density at radius 2 is 2.26 bits per heavy atom. The van der Waals surface area contributed by atoms with Crippen LogP contribution in [-0.4, -0.2) is 52.1 Å². The Morgan fingerprint density at radius 3 is 3.06 bits per heavy atom. The summed E-state index contributed by atoms with van der Waals surface area (Å²) in [6, 6.07) is 3.45. The second kappa shape index (κ2) is 9.42. The van der Waals surface area contributed by atoms with E-state index in [9.17, 15) is 18.0 Å². The molecule has 2 aliphatic rings. The minimum atomic E-state index is -2.53. The molecular weight excluding hydrogens is 465 g/mol. The molecule has 1 N–H and O–H groups in total. The number of carbonyl (C=O) groups is 1. The molecule has 1 atom stereocenters. The van der Waals surface area contributed by atoms with Crippen molar-refractivity contribution in [1.29, 1.82) is 0 Å². The van der Waals surface area contributed by atoms with Crippen LogP contribution in [0.25, 0.3) is 16.2 Å². The molecule has 3 aromatic rings. The summed E-state index contributed by atoms with van der Waals surface area (Å²) in [4.78, 5) is 17.7. The average Bonchev–Trinajstić information content (AvgIpc) is 3.39. The Kier molecular flexibility index (Phi) is 6.17. The molecule has 2 amide bonds. The number of halogens is 3. The van der Waals surface area contributed by atoms with Gasteiger partial charge in [0.1, 0.15) is 24.4 Å². The Bertz CT molecular complexity index is 1300. The third-order valence-electron chi connectivity index (χ3n) is 6.11. The Morgan fingerprint density at radius 1 is 1.40 bits per heavy atom. The molecule has 0 saturated carbocycles. The van der Waals surface area contributed by atoms with E-state index in [1.807, 2.05) is 0 Å². The van der Waals surface area contributed by atoms with Crippen LogP contribution in [0.2, 0.25) is 0 Å². The van der Waals surface area contributed by atoms with E-state index in [-0.39, 0.29) is 30.8 Å². The van der Waals surface area contributed by atoms with Crippen LogP contribution >= 0.6 is 0 Å². The van der Waals surface area contributed by atoms with Crippen LogP contribution in [0.1, 0.15) is 16.8 Å². The van der Waals surface area contributed by atoms with Crippen LogP contribution in [0.4, 0.5) is 29.3 Å². The number of aromatic nitrogens is 3. The third kappa shape index (κ3) is 4.59. The summed E-state index contributed by atoms with van der Waals surface area (Å²) in [6.07, 6.45) is 0.0678. The van der Waals surface area contributed by atoms with Gasteiger partial charge in [0.15, 0.2) is 0 Å². The molecule has 0 radical (unpaired) electrons. The molecule has 12 heteroatoms. The molecule has 0 aliphatic carbocycles. The zero-order chi connectivity index (χ0) is 24.5. The predicted molar refractivity (Wildman–Crippen MR) is 118 cm³/mol. The van der Waals surface area contributed by atoms with Gasteiger partial charge < -0.3 is 19.5 Å². The van der Waals surface area contributed by atoms with Crippen molar-refractivity contribution < 1.29 is 27.2 Å². The highest BCUT2D eigenvalue weighted by molar-refractivity contribution is 5.90. The quantitative estimate of drug-likeness (QED) is 0.544. The van der Waals surface area contributed by atoms with Crippen LogP contribution in [0.5, 0.6) is 0 Å². The Labute approximate surface area is 198 Å². The summed E-state index contributed by atoms with van der Waals surface area (Å²) >= 11 is 0. The zero-order valence-corrected chi connectivity index (χ0v) is 18.5. The monoisotopic (exact) mass is 486 g/mol. The molecule has 0 spiro atoms. The van der Waals surface area contributed by atoms with Crippen molar-refractivity contribution in [2.45, 2.75) is 32.4 Å². The van der Waals surface area contributed by atoms with Crippen molar-refractivity contribution in [3.8, 4) is 11.4 Å². The largest absolute Gasteiger partial charge is 0.375 e. The van der Waals surface area contributed by atoms with E-state index in [0.717, 1.165) is 28.6 Å². The molecule has 4 heterocycles. The van der Waals surface area contributed by atoms with Crippen LogP contribution in [0.3, 0.4) is 0 Å². The number of nitrogens with zero attached hydrogens (tertiary/aromatic N) is 5. The van der Waals surface area contributed by atoms with Gasteiger partial charge in [-0.25, -0.2) is 22.8 Å². The standard InChI is InChI=1S/C23H21F3N6O3/c1-27-19-7-15(2-3-17(19)24)28-23(33)31-5-4-18-16(9-31)22-21-14(11-35-30-21)6-13(8-32(22)29-18)10-34-12-20(25)26/h2-3,7,11,13,20H,4-6,8-10,12H2,(H,28,33)/t13-/m1/s1. The van der Waals surface area contributed by atoms with Crippen molar-refractivity contribution in [3.05, 3.63) is 58.5 Å². The van der Waals surface area contributed by atoms with Gasteiger partial charge in [0, 0.05) is 42.2 Å². The molecule has 0 fully saturated rings. The fourth-order valence-electron chi connectivity index (χ4n) is 4.53. The topological polar surface area (TPSA) is 89.8 Å². The molecule has 0 bridgehead atoms. The highest BCUT2D eigenvalue weighted by Crippen LogP contribution is 2.36. The van der Waals surface area contributed by atoms with Crippen LogP contribution < -0.4 is 5.32 Å². The first kappa shape index (κ1) is 22.9. The van der Waals surface area contributed by atoms with E-state index < -0.39 is 18.8 Å². The highest BCUT2D eigenvalue weighted by Gasteiger charge is 2.33. The molecule has 2 aliphatic heterocycles. The number of hydrogen-bond donors (Lipinski definition) is 1. The summed E-state index contributed by atoms with van der Waals surface area (Å²) in [5.41, 5.74) is 4.04. The van der Waals surface area contributed by atoms with Gasteiger partial charge in [0.2, 0.25) is 5.69 Å². The smallest absolute Gasteiger partial charge is 0.322 e.